The number of carbonyl (C=O) groups excluding carboxylic acids is 2. The van der Waals surface area contributed by atoms with Gasteiger partial charge in [-0.25, -0.2) is 14.6 Å². The van der Waals surface area contributed by atoms with Crippen LogP contribution in [0.4, 0.5) is 10.7 Å². The third kappa shape index (κ3) is 7.54. The van der Waals surface area contributed by atoms with Crippen LogP contribution in [0.25, 0.3) is 39.2 Å². The molecule has 0 unspecified atom stereocenters. The summed E-state index contributed by atoms with van der Waals surface area (Å²) in [5.41, 5.74) is 4.33. The molecule has 1 amide bonds. The molecular weight excluding hydrogens is 690 g/mol. The number of imidazole rings is 1. The van der Waals surface area contributed by atoms with Gasteiger partial charge in [0.1, 0.15) is 39.5 Å². The molecule has 4 N–H and O–H groups in total. The lowest BCUT2D eigenvalue weighted by Crippen LogP contribution is -2.28. The number of rotatable bonds is 7. The highest BCUT2D eigenvalue weighted by atomic mass is 16.5. The monoisotopic (exact) mass is 729 g/mol. The summed E-state index contributed by atoms with van der Waals surface area (Å²) in [6, 6.07) is 20.2. The first-order valence-corrected chi connectivity index (χ1v) is 17.0. The van der Waals surface area contributed by atoms with Gasteiger partial charge in [0.25, 0.3) is 0 Å². The van der Waals surface area contributed by atoms with Gasteiger partial charge in [0.2, 0.25) is 5.95 Å². The van der Waals surface area contributed by atoms with Gasteiger partial charge in [-0.3, -0.25) is 10.1 Å². The van der Waals surface area contributed by atoms with Crippen molar-refractivity contribution < 1.29 is 38.4 Å². The van der Waals surface area contributed by atoms with Gasteiger partial charge in [-0.15, -0.1) is 0 Å². The number of anilines is 1. The van der Waals surface area contributed by atoms with Crippen LogP contribution in [0.2, 0.25) is 0 Å². The molecule has 1 aliphatic heterocycles. The fraction of sp³-hybridized carbons (Fsp3) is 0.190. The molecule has 0 saturated carbocycles. The molecular formula is C42H39N3O9. The van der Waals surface area contributed by atoms with Gasteiger partial charge in [0.15, 0.2) is 11.4 Å². The van der Waals surface area contributed by atoms with Crippen molar-refractivity contribution in [1.82, 2.24) is 9.97 Å². The number of hydrogen-bond acceptors (Lipinski definition) is 10. The predicted octanol–water partition coefficient (Wildman–Crippen LogP) is 8.54. The second-order valence-corrected chi connectivity index (χ2v) is 13.3. The number of hydrogen-bond donors (Lipinski definition) is 4. The van der Waals surface area contributed by atoms with Crippen LogP contribution in [0.5, 0.6) is 23.0 Å². The van der Waals surface area contributed by atoms with Gasteiger partial charge in [0, 0.05) is 16.7 Å². The molecule has 2 aromatic heterocycles. The van der Waals surface area contributed by atoms with Crippen LogP contribution >= 0.6 is 0 Å². The number of fused-ring (bicyclic) bond motifs is 4. The molecule has 12 nitrogen and oxygen atoms in total. The minimum absolute atomic E-state index is 0.00458. The number of nitrogens with zero attached hydrogens (tertiary/aromatic N) is 1. The molecule has 12 heteroatoms. The maximum Gasteiger partial charge on any atom is 0.413 e. The molecule has 3 heterocycles. The van der Waals surface area contributed by atoms with Crippen LogP contribution < -0.4 is 20.4 Å². The van der Waals surface area contributed by atoms with E-state index < -0.39 is 17.3 Å². The maximum atomic E-state index is 12.9. The van der Waals surface area contributed by atoms with Crippen molar-refractivity contribution in [3.8, 4) is 34.1 Å². The summed E-state index contributed by atoms with van der Waals surface area (Å²) < 4.78 is 22.3. The number of ketones is 1. The Morgan fingerprint density at radius 3 is 2.37 bits per heavy atom. The van der Waals surface area contributed by atoms with Crippen LogP contribution in [-0.4, -0.2) is 51.9 Å². The Balaban J connectivity index is 0.000000197. The number of aromatic nitrogens is 2. The van der Waals surface area contributed by atoms with Gasteiger partial charge in [0.05, 0.1) is 30.8 Å². The quantitative estimate of drug-likeness (QED) is 0.0708. The number of phenols is 1. The van der Waals surface area contributed by atoms with Crippen molar-refractivity contribution in [1.29, 1.82) is 0 Å². The summed E-state index contributed by atoms with van der Waals surface area (Å²) >= 11 is 0. The minimum atomic E-state index is -0.694. The molecule has 0 fully saturated rings. The Kier molecular flexibility index (Phi) is 10.3. The predicted molar refractivity (Wildman–Crippen MR) is 207 cm³/mol. The molecule has 0 radical (unpaired) electrons. The third-order valence-electron chi connectivity index (χ3n) is 8.64. The van der Waals surface area contributed by atoms with E-state index in [4.69, 9.17) is 13.9 Å². The van der Waals surface area contributed by atoms with Gasteiger partial charge in [-0.1, -0.05) is 54.1 Å². The van der Waals surface area contributed by atoms with E-state index in [-0.39, 0.29) is 34.4 Å². The van der Waals surface area contributed by atoms with Crippen molar-refractivity contribution in [2.24, 2.45) is 0 Å². The molecule has 0 saturated heterocycles. The number of amides is 1. The van der Waals surface area contributed by atoms with Gasteiger partial charge in [-0.05, 0) is 82.2 Å². The van der Waals surface area contributed by atoms with Crippen LogP contribution in [0.15, 0.2) is 99.7 Å². The van der Waals surface area contributed by atoms with E-state index in [0.717, 1.165) is 11.1 Å². The molecule has 0 bridgehead atoms. The average Bonchev–Trinajstić information content (AvgIpc) is 3.55. The molecule has 4 aromatic carbocycles. The Morgan fingerprint density at radius 1 is 0.981 bits per heavy atom. The Bertz CT molecular complexity index is 2510. The summed E-state index contributed by atoms with van der Waals surface area (Å²) in [6.45, 7) is 7.89. The highest BCUT2D eigenvalue weighted by Crippen LogP contribution is 2.49. The van der Waals surface area contributed by atoms with Crippen LogP contribution in [0, 0.1) is 0 Å². The Morgan fingerprint density at radius 2 is 1.70 bits per heavy atom. The summed E-state index contributed by atoms with van der Waals surface area (Å²) in [5.74, 6) is 0.978. The highest BCUT2D eigenvalue weighted by molar-refractivity contribution is 6.10. The number of benzene rings is 4. The van der Waals surface area contributed by atoms with E-state index >= 15 is 0 Å². The summed E-state index contributed by atoms with van der Waals surface area (Å²) in [7, 11) is 2.79. The number of aromatic hydroxyl groups is 2. The van der Waals surface area contributed by atoms with E-state index in [9.17, 15) is 24.6 Å². The molecule has 6 aromatic rings. The normalized spacial score (nSPS) is 12.6. The zero-order valence-corrected chi connectivity index (χ0v) is 30.6. The van der Waals surface area contributed by atoms with Gasteiger partial charge in [-0.2, -0.15) is 0 Å². The second-order valence-electron chi connectivity index (χ2n) is 13.3. The van der Waals surface area contributed by atoms with E-state index in [1.807, 2.05) is 58.0 Å². The Hall–Kier alpha value is -6.82. The molecule has 1 aliphatic rings. The van der Waals surface area contributed by atoms with Gasteiger partial charge >= 0.3 is 11.7 Å². The number of carbonyl (C=O) groups is 2. The van der Waals surface area contributed by atoms with Crippen LogP contribution in [0.1, 0.15) is 54.7 Å². The van der Waals surface area contributed by atoms with E-state index in [1.165, 1.54) is 26.4 Å². The lowest BCUT2D eigenvalue weighted by molar-refractivity contribution is 0.103. The van der Waals surface area contributed by atoms with E-state index in [2.05, 4.69) is 26.1 Å². The molecule has 0 aliphatic carbocycles. The van der Waals surface area contributed by atoms with E-state index in [1.54, 1.807) is 42.5 Å². The first-order valence-electron chi connectivity index (χ1n) is 17.0. The number of phenolic OH excluding ortho intramolecular Hbond substituents is 1. The third-order valence-corrected chi connectivity index (χ3v) is 8.64. The van der Waals surface area contributed by atoms with E-state index in [0.29, 0.717) is 56.6 Å². The van der Waals surface area contributed by atoms with Crippen molar-refractivity contribution >= 4 is 45.9 Å². The standard InChI is InChI=1S/C26H26O6.C16H13N3O3/c1-14(2)6-11-17-22-18(12-13-26(3,4)32-22)24-20(23(17)30-5)21(28)19(25(29)31-24)15-7-9-16(27)10-8-15;1-22-16(21)19-15-17-12-8-7-11(9-13(12)18-15)14(20)10-5-3-2-4-6-10/h6-10,12-13,27-28H,11H2,1-5H3;2-9H,1H3,(H2,17,18,19,21). The molecule has 54 heavy (non-hydrogen) atoms. The topological polar surface area (TPSA) is 173 Å². The average molecular weight is 730 g/mol. The second kappa shape index (κ2) is 15.0. The number of ether oxygens (including phenoxy) is 3. The largest absolute Gasteiger partial charge is 0.508 e. The van der Waals surface area contributed by atoms with Crippen LogP contribution in [-0.2, 0) is 11.2 Å². The number of allylic oxidation sites excluding steroid dienone is 2. The number of H-pyrrole nitrogens is 1. The van der Waals surface area contributed by atoms with Crippen LogP contribution in [0.3, 0.4) is 0 Å². The SMILES string of the molecule is COC(=O)Nc1nc2ccc(C(=O)c3ccccc3)cc2[nH]1.COc1c(CC=C(C)C)c2c(c3oc(=O)c(-c4ccc(O)cc4)c(O)c13)C=CC(C)(C)O2. The van der Waals surface area contributed by atoms with Gasteiger partial charge < -0.3 is 33.8 Å². The lowest BCUT2D eigenvalue weighted by atomic mass is 9.93. The zero-order chi connectivity index (χ0) is 38.7. The maximum absolute atomic E-state index is 12.9. The fourth-order valence-electron chi connectivity index (χ4n) is 6.01. The first kappa shape index (κ1) is 37.0. The first-order chi connectivity index (χ1) is 25.8. The number of nitrogens with one attached hydrogen (secondary N) is 2. The number of aromatic amines is 1. The summed E-state index contributed by atoms with van der Waals surface area (Å²) in [5, 5.41) is 23.6. The van der Waals surface area contributed by atoms with Crippen molar-refractivity contribution in [2.45, 2.75) is 39.7 Å². The number of methoxy groups -OCH3 is 2. The smallest absolute Gasteiger partial charge is 0.413 e. The molecule has 7 rings (SSSR count). The van der Waals surface area contributed by atoms with Crippen molar-refractivity contribution in [2.75, 3.05) is 19.5 Å². The zero-order valence-electron chi connectivity index (χ0n) is 30.6. The highest BCUT2D eigenvalue weighted by Gasteiger charge is 2.32. The minimum Gasteiger partial charge on any atom is -0.508 e. The van der Waals surface area contributed by atoms with Crippen molar-refractivity contribution in [3.63, 3.8) is 0 Å². The fourth-order valence-corrected chi connectivity index (χ4v) is 6.01. The summed E-state index contributed by atoms with van der Waals surface area (Å²) in [4.78, 5) is 43.6. The molecule has 276 valence electrons. The lowest BCUT2D eigenvalue weighted by Gasteiger charge is -2.31. The van der Waals surface area contributed by atoms with Crippen molar-refractivity contribution in [3.05, 3.63) is 123 Å². The molecule has 0 spiro atoms. The Labute approximate surface area is 310 Å². The molecule has 0 atom stereocenters. The summed E-state index contributed by atoms with van der Waals surface area (Å²) in [6.07, 6.45) is 5.70.